The Morgan fingerprint density at radius 1 is 1.35 bits per heavy atom. The fourth-order valence-corrected chi connectivity index (χ4v) is 3.17. The van der Waals surface area contributed by atoms with Gasteiger partial charge in [-0.1, -0.05) is 0 Å². The molecule has 1 saturated heterocycles. The van der Waals surface area contributed by atoms with Crippen LogP contribution >= 0.6 is 0 Å². The maximum atomic E-state index is 11.8. The summed E-state index contributed by atoms with van der Waals surface area (Å²) in [5.74, 6) is -0.0974. The van der Waals surface area contributed by atoms with E-state index in [0.29, 0.717) is 12.2 Å². The molecule has 1 aliphatic heterocycles. The Morgan fingerprint density at radius 2 is 2.13 bits per heavy atom. The number of rotatable bonds is 4. The summed E-state index contributed by atoms with van der Waals surface area (Å²) < 4.78 is 5.12. The van der Waals surface area contributed by atoms with Crippen molar-refractivity contribution in [3.8, 4) is 0 Å². The highest BCUT2D eigenvalue weighted by molar-refractivity contribution is 6.01. The standard InChI is InChI=1S/C18H20N2O3/c1-2-23-18(22)13-7-10-20(11-8-13)16-6-5-14(12-21)17-15(16)4-3-9-19-17/h3-6,9,12-13H,2,7-8,10-11H2,1H3. The predicted octanol–water partition coefficient (Wildman–Crippen LogP) is 2.83. The molecule has 0 saturated carbocycles. The van der Waals surface area contributed by atoms with Crippen LogP contribution in [0.25, 0.3) is 10.9 Å². The van der Waals surface area contributed by atoms with E-state index < -0.39 is 0 Å². The molecule has 1 fully saturated rings. The lowest BCUT2D eigenvalue weighted by atomic mass is 9.96. The molecule has 0 bridgehead atoms. The molecule has 120 valence electrons. The van der Waals surface area contributed by atoms with Gasteiger partial charge in [0, 0.05) is 35.9 Å². The summed E-state index contributed by atoms with van der Waals surface area (Å²) >= 11 is 0. The average molecular weight is 312 g/mol. The van der Waals surface area contributed by atoms with E-state index in [0.717, 1.165) is 48.8 Å². The lowest BCUT2D eigenvalue weighted by molar-refractivity contribution is -0.148. The third kappa shape index (κ3) is 3.04. The highest BCUT2D eigenvalue weighted by Gasteiger charge is 2.26. The highest BCUT2D eigenvalue weighted by Crippen LogP contribution is 2.31. The highest BCUT2D eigenvalue weighted by atomic mass is 16.5. The lowest BCUT2D eigenvalue weighted by Crippen LogP contribution is -2.37. The van der Waals surface area contributed by atoms with Crippen molar-refractivity contribution < 1.29 is 14.3 Å². The average Bonchev–Trinajstić information content (AvgIpc) is 2.61. The van der Waals surface area contributed by atoms with E-state index in [1.165, 1.54) is 0 Å². The van der Waals surface area contributed by atoms with E-state index >= 15 is 0 Å². The van der Waals surface area contributed by atoms with Gasteiger partial charge in [0.25, 0.3) is 0 Å². The minimum absolute atomic E-state index is 0.00941. The molecule has 0 spiro atoms. The normalized spacial score (nSPS) is 15.6. The van der Waals surface area contributed by atoms with E-state index in [2.05, 4.69) is 9.88 Å². The molecule has 5 nitrogen and oxygen atoms in total. The zero-order chi connectivity index (χ0) is 16.2. The second-order valence-corrected chi connectivity index (χ2v) is 5.70. The summed E-state index contributed by atoms with van der Waals surface area (Å²) in [4.78, 5) is 29.6. The smallest absolute Gasteiger partial charge is 0.309 e. The maximum absolute atomic E-state index is 11.8. The van der Waals surface area contributed by atoms with Gasteiger partial charge in [-0.25, -0.2) is 0 Å². The number of carbonyl (C=O) groups excluding carboxylic acids is 2. The van der Waals surface area contributed by atoms with Gasteiger partial charge in [0.1, 0.15) is 0 Å². The van der Waals surface area contributed by atoms with Crippen molar-refractivity contribution in [1.29, 1.82) is 0 Å². The molecule has 0 atom stereocenters. The Labute approximate surface area is 135 Å². The van der Waals surface area contributed by atoms with Crippen molar-refractivity contribution >= 4 is 28.8 Å². The van der Waals surface area contributed by atoms with Crippen molar-refractivity contribution in [3.63, 3.8) is 0 Å². The van der Waals surface area contributed by atoms with E-state index in [1.807, 2.05) is 31.2 Å². The molecule has 0 unspecified atom stereocenters. The predicted molar refractivity (Wildman–Crippen MR) is 88.7 cm³/mol. The number of aldehydes is 1. The van der Waals surface area contributed by atoms with Gasteiger partial charge in [0.05, 0.1) is 18.0 Å². The molecule has 23 heavy (non-hydrogen) atoms. The van der Waals surface area contributed by atoms with E-state index in [-0.39, 0.29) is 11.9 Å². The molecule has 2 heterocycles. The Kier molecular flexibility index (Phi) is 4.55. The number of ether oxygens (including phenoxy) is 1. The van der Waals surface area contributed by atoms with E-state index in [4.69, 9.17) is 4.74 Å². The SMILES string of the molecule is CCOC(=O)C1CCN(c2ccc(C=O)c3ncccc23)CC1. The van der Waals surface area contributed by atoms with Gasteiger partial charge in [0.2, 0.25) is 0 Å². The Balaban J connectivity index is 1.83. The van der Waals surface area contributed by atoms with Gasteiger partial charge < -0.3 is 9.64 Å². The van der Waals surface area contributed by atoms with Crippen LogP contribution in [0.5, 0.6) is 0 Å². The number of anilines is 1. The van der Waals surface area contributed by atoms with Gasteiger partial charge in [0.15, 0.2) is 6.29 Å². The van der Waals surface area contributed by atoms with Crippen molar-refractivity contribution in [3.05, 3.63) is 36.0 Å². The van der Waals surface area contributed by atoms with Gasteiger partial charge in [-0.05, 0) is 44.0 Å². The second-order valence-electron chi connectivity index (χ2n) is 5.70. The fraction of sp³-hybridized carbons (Fsp3) is 0.389. The van der Waals surface area contributed by atoms with E-state index in [1.54, 1.807) is 6.20 Å². The van der Waals surface area contributed by atoms with Crippen molar-refractivity contribution in [2.75, 3.05) is 24.6 Å². The maximum Gasteiger partial charge on any atom is 0.309 e. The van der Waals surface area contributed by atoms with Crippen LogP contribution in [0.1, 0.15) is 30.1 Å². The zero-order valence-electron chi connectivity index (χ0n) is 13.2. The molecule has 2 aromatic rings. The number of hydrogen-bond donors (Lipinski definition) is 0. The first-order chi connectivity index (χ1) is 11.2. The lowest BCUT2D eigenvalue weighted by Gasteiger charge is -2.33. The van der Waals surface area contributed by atoms with E-state index in [9.17, 15) is 9.59 Å². The molecular weight excluding hydrogens is 292 g/mol. The minimum Gasteiger partial charge on any atom is -0.466 e. The zero-order valence-corrected chi connectivity index (χ0v) is 13.2. The Morgan fingerprint density at radius 3 is 2.83 bits per heavy atom. The van der Waals surface area contributed by atoms with Crippen molar-refractivity contribution in [2.45, 2.75) is 19.8 Å². The molecule has 1 aromatic carbocycles. The van der Waals surface area contributed by atoms with Crippen LogP contribution in [0.4, 0.5) is 5.69 Å². The topological polar surface area (TPSA) is 59.5 Å². The quantitative estimate of drug-likeness (QED) is 0.642. The number of piperidine rings is 1. The molecule has 1 aromatic heterocycles. The number of carbonyl (C=O) groups is 2. The molecular formula is C18H20N2O3. The first kappa shape index (κ1) is 15.5. The third-order valence-corrected chi connectivity index (χ3v) is 4.36. The number of hydrogen-bond acceptors (Lipinski definition) is 5. The van der Waals surface area contributed by atoms with Crippen molar-refractivity contribution in [1.82, 2.24) is 4.98 Å². The Bertz CT molecular complexity index is 721. The first-order valence-electron chi connectivity index (χ1n) is 7.99. The van der Waals surface area contributed by atoms with Gasteiger partial charge in [-0.3, -0.25) is 14.6 Å². The minimum atomic E-state index is -0.0880. The summed E-state index contributed by atoms with van der Waals surface area (Å²) in [5.41, 5.74) is 2.40. The first-order valence-corrected chi connectivity index (χ1v) is 7.99. The van der Waals surface area contributed by atoms with Crippen LogP contribution in [-0.4, -0.2) is 36.9 Å². The number of esters is 1. The summed E-state index contributed by atoms with van der Waals surface area (Å²) in [7, 11) is 0. The third-order valence-electron chi connectivity index (χ3n) is 4.36. The summed E-state index contributed by atoms with van der Waals surface area (Å²) in [6.45, 7) is 3.87. The summed E-state index contributed by atoms with van der Waals surface area (Å²) in [6, 6.07) is 7.65. The van der Waals surface area contributed by atoms with Crippen LogP contribution in [0.3, 0.4) is 0 Å². The number of pyridine rings is 1. The van der Waals surface area contributed by atoms with Crippen LogP contribution in [0, 0.1) is 5.92 Å². The van der Waals surface area contributed by atoms with Gasteiger partial charge >= 0.3 is 5.97 Å². The Hall–Kier alpha value is -2.43. The molecule has 1 aliphatic rings. The van der Waals surface area contributed by atoms with Crippen LogP contribution in [0.2, 0.25) is 0 Å². The molecule has 0 aliphatic carbocycles. The molecule has 0 radical (unpaired) electrons. The molecule has 0 amide bonds. The number of benzene rings is 1. The largest absolute Gasteiger partial charge is 0.466 e. The van der Waals surface area contributed by atoms with Crippen molar-refractivity contribution in [2.24, 2.45) is 5.92 Å². The van der Waals surface area contributed by atoms with Gasteiger partial charge in [-0.2, -0.15) is 0 Å². The number of aromatic nitrogens is 1. The van der Waals surface area contributed by atoms with Crippen LogP contribution in [-0.2, 0) is 9.53 Å². The molecule has 5 heteroatoms. The van der Waals surface area contributed by atoms with Gasteiger partial charge in [-0.15, -0.1) is 0 Å². The summed E-state index contributed by atoms with van der Waals surface area (Å²) in [5, 5.41) is 0.978. The molecule has 0 N–H and O–H groups in total. The number of nitrogens with zero attached hydrogens (tertiary/aromatic N) is 2. The molecule has 3 rings (SSSR count). The second kappa shape index (κ2) is 6.77. The van der Waals surface area contributed by atoms with Crippen LogP contribution < -0.4 is 4.90 Å². The van der Waals surface area contributed by atoms with Crippen LogP contribution in [0.15, 0.2) is 30.5 Å². The monoisotopic (exact) mass is 312 g/mol. The number of fused-ring (bicyclic) bond motifs is 1. The fourth-order valence-electron chi connectivity index (χ4n) is 3.17. The summed E-state index contributed by atoms with van der Waals surface area (Å²) in [6.07, 6.45) is 4.12.